The summed E-state index contributed by atoms with van der Waals surface area (Å²) >= 11 is 0. The molecule has 0 aromatic carbocycles. The molecule has 0 radical (unpaired) electrons. The molecule has 0 spiro atoms. The Bertz CT molecular complexity index is 141. The Balaban J connectivity index is 2.10. The number of aliphatic hydroxyl groups excluding tert-OH is 1. The van der Waals surface area contributed by atoms with Crippen molar-refractivity contribution in [1.82, 2.24) is 4.90 Å². The zero-order valence-electron chi connectivity index (χ0n) is 7.46. The van der Waals surface area contributed by atoms with Gasteiger partial charge in [-0.3, -0.25) is 4.79 Å². The maximum absolute atomic E-state index is 11.4. The van der Waals surface area contributed by atoms with Crippen LogP contribution < -0.4 is 0 Å². The van der Waals surface area contributed by atoms with Crippen LogP contribution in [0.3, 0.4) is 0 Å². The normalized spacial score (nSPS) is 16.9. The lowest BCUT2D eigenvalue weighted by Crippen LogP contribution is -2.27. The van der Waals surface area contributed by atoms with Crippen LogP contribution in [0.15, 0.2) is 0 Å². The van der Waals surface area contributed by atoms with Gasteiger partial charge >= 0.3 is 0 Å². The molecule has 0 unspecified atom stereocenters. The van der Waals surface area contributed by atoms with Crippen LogP contribution in [-0.4, -0.2) is 35.6 Å². The van der Waals surface area contributed by atoms with E-state index < -0.39 is 0 Å². The number of rotatable bonds is 4. The van der Waals surface area contributed by atoms with Crippen molar-refractivity contribution < 1.29 is 9.90 Å². The summed E-state index contributed by atoms with van der Waals surface area (Å²) in [5, 5.41) is 8.52. The molecule has 70 valence electrons. The molecule has 1 rings (SSSR count). The molecule has 0 aromatic rings. The van der Waals surface area contributed by atoms with Gasteiger partial charge in [-0.2, -0.15) is 0 Å². The van der Waals surface area contributed by atoms with E-state index in [2.05, 4.69) is 0 Å². The number of hydrogen-bond donors (Lipinski definition) is 1. The summed E-state index contributed by atoms with van der Waals surface area (Å²) in [4.78, 5) is 13.3. The SMILES string of the molecule is O=C(CCCCO)N1CCCC1. The lowest BCUT2D eigenvalue weighted by Gasteiger charge is -2.14. The zero-order chi connectivity index (χ0) is 8.81. The van der Waals surface area contributed by atoms with Crippen LogP contribution in [0.1, 0.15) is 32.1 Å². The monoisotopic (exact) mass is 171 g/mol. The first-order valence-electron chi connectivity index (χ1n) is 4.73. The topological polar surface area (TPSA) is 40.5 Å². The highest BCUT2D eigenvalue weighted by atomic mass is 16.2. The number of amides is 1. The third kappa shape index (κ3) is 2.81. The Hall–Kier alpha value is -0.570. The maximum atomic E-state index is 11.4. The second kappa shape index (κ2) is 5.14. The quantitative estimate of drug-likeness (QED) is 0.635. The number of nitrogens with zero attached hydrogens (tertiary/aromatic N) is 1. The molecule has 3 heteroatoms. The molecular formula is C9H17NO2. The molecular weight excluding hydrogens is 154 g/mol. The van der Waals surface area contributed by atoms with Crippen LogP contribution in [0.2, 0.25) is 0 Å². The summed E-state index contributed by atoms with van der Waals surface area (Å²) in [7, 11) is 0. The van der Waals surface area contributed by atoms with Crippen LogP contribution in [0.5, 0.6) is 0 Å². The maximum Gasteiger partial charge on any atom is 0.222 e. The highest BCUT2D eigenvalue weighted by molar-refractivity contribution is 5.76. The van der Waals surface area contributed by atoms with Gasteiger partial charge in [-0.25, -0.2) is 0 Å². The molecule has 1 aliphatic rings. The predicted octanol–water partition coefficient (Wildman–Crippen LogP) is 0.771. The molecule has 1 N–H and O–H groups in total. The van der Waals surface area contributed by atoms with Gasteiger partial charge in [-0.1, -0.05) is 0 Å². The first kappa shape index (κ1) is 9.52. The molecule has 0 bridgehead atoms. The minimum atomic E-state index is 0.202. The Kier molecular flexibility index (Phi) is 4.08. The van der Waals surface area contributed by atoms with E-state index in [9.17, 15) is 4.79 Å². The first-order valence-corrected chi connectivity index (χ1v) is 4.73. The van der Waals surface area contributed by atoms with Crippen LogP contribution in [0.4, 0.5) is 0 Å². The molecule has 1 fully saturated rings. The van der Waals surface area contributed by atoms with E-state index in [1.165, 1.54) is 0 Å². The third-order valence-electron chi connectivity index (χ3n) is 2.26. The van der Waals surface area contributed by atoms with Gasteiger partial charge < -0.3 is 10.0 Å². The van der Waals surface area contributed by atoms with Crippen LogP contribution in [0.25, 0.3) is 0 Å². The number of likely N-dealkylation sites (tertiary alicyclic amines) is 1. The van der Waals surface area contributed by atoms with Gasteiger partial charge in [0, 0.05) is 26.1 Å². The number of unbranched alkanes of at least 4 members (excludes halogenated alkanes) is 1. The third-order valence-corrected chi connectivity index (χ3v) is 2.26. The zero-order valence-corrected chi connectivity index (χ0v) is 7.46. The highest BCUT2D eigenvalue weighted by Gasteiger charge is 2.16. The number of hydrogen-bond acceptors (Lipinski definition) is 2. The molecule has 1 saturated heterocycles. The Morgan fingerprint density at radius 2 is 1.92 bits per heavy atom. The second-order valence-corrected chi connectivity index (χ2v) is 3.27. The lowest BCUT2D eigenvalue weighted by molar-refractivity contribution is -0.130. The fraction of sp³-hybridized carbons (Fsp3) is 0.889. The highest BCUT2D eigenvalue weighted by Crippen LogP contribution is 2.10. The van der Waals surface area contributed by atoms with Crippen molar-refractivity contribution in [3.63, 3.8) is 0 Å². The number of carbonyl (C=O) groups is 1. The van der Waals surface area contributed by atoms with Gasteiger partial charge in [0.15, 0.2) is 0 Å². The van der Waals surface area contributed by atoms with E-state index in [0.29, 0.717) is 6.42 Å². The van der Waals surface area contributed by atoms with Crippen molar-refractivity contribution in [2.45, 2.75) is 32.1 Å². The average molecular weight is 171 g/mol. The van der Waals surface area contributed by atoms with Gasteiger partial charge in [-0.05, 0) is 25.7 Å². The van der Waals surface area contributed by atoms with E-state index in [-0.39, 0.29) is 12.5 Å². The van der Waals surface area contributed by atoms with Gasteiger partial charge in [-0.15, -0.1) is 0 Å². The fourth-order valence-electron chi connectivity index (χ4n) is 1.51. The van der Waals surface area contributed by atoms with Crippen LogP contribution >= 0.6 is 0 Å². The van der Waals surface area contributed by atoms with Crippen molar-refractivity contribution in [3.05, 3.63) is 0 Å². The standard InChI is InChI=1S/C9H17NO2/c11-8-4-1-5-9(12)10-6-2-3-7-10/h11H,1-8H2. The summed E-state index contributed by atoms with van der Waals surface area (Å²) in [6.07, 6.45) is 4.50. The first-order chi connectivity index (χ1) is 5.84. The number of carbonyl (C=O) groups excluding carboxylic acids is 1. The van der Waals surface area contributed by atoms with Gasteiger partial charge in [0.1, 0.15) is 0 Å². The Morgan fingerprint density at radius 3 is 2.50 bits per heavy atom. The van der Waals surface area contributed by atoms with Crippen LogP contribution in [0, 0.1) is 0 Å². The molecule has 1 amide bonds. The lowest BCUT2D eigenvalue weighted by atomic mass is 10.2. The van der Waals surface area contributed by atoms with Crippen molar-refractivity contribution in [1.29, 1.82) is 0 Å². The van der Waals surface area contributed by atoms with Gasteiger partial charge in [0.05, 0.1) is 0 Å². The largest absolute Gasteiger partial charge is 0.396 e. The van der Waals surface area contributed by atoms with E-state index in [1.54, 1.807) is 0 Å². The molecule has 12 heavy (non-hydrogen) atoms. The Labute approximate surface area is 73.4 Å². The Morgan fingerprint density at radius 1 is 1.25 bits per heavy atom. The van der Waals surface area contributed by atoms with E-state index in [1.807, 2.05) is 4.90 Å². The minimum Gasteiger partial charge on any atom is -0.396 e. The summed E-state index contributed by atoms with van der Waals surface area (Å²) in [6.45, 7) is 2.09. The summed E-state index contributed by atoms with van der Waals surface area (Å²) in [6, 6.07) is 0. The molecule has 3 nitrogen and oxygen atoms in total. The molecule has 1 heterocycles. The minimum absolute atomic E-state index is 0.202. The molecule has 0 aromatic heterocycles. The number of aliphatic hydroxyl groups is 1. The predicted molar refractivity (Wildman–Crippen MR) is 46.8 cm³/mol. The van der Waals surface area contributed by atoms with E-state index >= 15 is 0 Å². The van der Waals surface area contributed by atoms with E-state index in [0.717, 1.165) is 38.8 Å². The van der Waals surface area contributed by atoms with Crippen LogP contribution in [-0.2, 0) is 4.79 Å². The smallest absolute Gasteiger partial charge is 0.222 e. The van der Waals surface area contributed by atoms with Gasteiger partial charge in [0.25, 0.3) is 0 Å². The van der Waals surface area contributed by atoms with Crippen molar-refractivity contribution >= 4 is 5.91 Å². The summed E-state index contributed by atoms with van der Waals surface area (Å²) in [5.41, 5.74) is 0. The molecule has 1 aliphatic heterocycles. The van der Waals surface area contributed by atoms with Gasteiger partial charge in [0.2, 0.25) is 5.91 Å². The summed E-state index contributed by atoms with van der Waals surface area (Å²) < 4.78 is 0. The fourth-order valence-corrected chi connectivity index (χ4v) is 1.51. The molecule has 0 atom stereocenters. The average Bonchev–Trinajstić information content (AvgIpc) is 2.56. The summed E-state index contributed by atoms with van der Waals surface area (Å²) in [5.74, 6) is 0.265. The second-order valence-electron chi connectivity index (χ2n) is 3.27. The molecule has 0 aliphatic carbocycles. The van der Waals surface area contributed by atoms with Crippen molar-refractivity contribution in [2.75, 3.05) is 19.7 Å². The van der Waals surface area contributed by atoms with Crippen molar-refractivity contribution in [3.8, 4) is 0 Å². The van der Waals surface area contributed by atoms with Crippen molar-refractivity contribution in [2.24, 2.45) is 0 Å². The van der Waals surface area contributed by atoms with E-state index in [4.69, 9.17) is 5.11 Å². The molecule has 0 saturated carbocycles.